The molecule has 5 rings (SSSR count). The SMILES string of the molecule is COc1ccc2nccc(NC(=O)[C@]3(O)CC[C@@H](NCc4ccc5c(n4)NC(=O)CC5)CC3)c2n1. The number of nitrogens with one attached hydrogen (secondary N) is 3. The maximum atomic E-state index is 13.0. The average Bonchev–Trinajstić information content (AvgIpc) is 2.88. The molecule has 3 aromatic heterocycles. The van der Waals surface area contributed by atoms with Gasteiger partial charge in [-0.2, -0.15) is 0 Å². The van der Waals surface area contributed by atoms with Crippen LogP contribution in [0, 0.1) is 0 Å². The Hall–Kier alpha value is -3.63. The van der Waals surface area contributed by atoms with Crippen LogP contribution in [0.3, 0.4) is 0 Å². The number of rotatable bonds is 6. The number of hydrogen-bond donors (Lipinski definition) is 4. The van der Waals surface area contributed by atoms with E-state index in [-0.39, 0.29) is 11.9 Å². The molecule has 0 unspecified atom stereocenters. The summed E-state index contributed by atoms with van der Waals surface area (Å²) in [4.78, 5) is 37.9. The van der Waals surface area contributed by atoms with E-state index in [1.165, 1.54) is 7.11 Å². The van der Waals surface area contributed by atoms with Gasteiger partial charge in [-0.25, -0.2) is 9.97 Å². The van der Waals surface area contributed by atoms with Crippen LogP contribution in [0.2, 0.25) is 0 Å². The number of amides is 2. The predicted molar refractivity (Wildman–Crippen MR) is 130 cm³/mol. The number of fused-ring (bicyclic) bond motifs is 2. The van der Waals surface area contributed by atoms with Gasteiger partial charge in [0.2, 0.25) is 11.8 Å². The minimum absolute atomic E-state index is 0.00497. The molecular weight excluding hydrogens is 448 g/mol. The highest BCUT2D eigenvalue weighted by Gasteiger charge is 2.40. The number of carbonyl (C=O) groups excluding carboxylic acids is 2. The highest BCUT2D eigenvalue weighted by molar-refractivity contribution is 6.02. The van der Waals surface area contributed by atoms with Crippen LogP contribution in [0.1, 0.15) is 43.4 Å². The first-order valence-electron chi connectivity index (χ1n) is 11.8. The number of ether oxygens (including phenoxy) is 1. The van der Waals surface area contributed by atoms with Gasteiger partial charge in [0.25, 0.3) is 5.91 Å². The second-order valence-corrected chi connectivity index (χ2v) is 9.08. The average molecular weight is 477 g/mol. The molecule has 10 heteroatoms. The maximum absolute atomic E-state index is 13.0. The molecule has 0 atom stereocenters. The van der Waals surface area contributed by atoms with Crippen LogP contribution in [-0.2, 0) is 22.6 Å². The number of carbonyl (C=O) groups is 2. The number of pyridine rings is 3. The standard InChI is InChI=1S/C25H28N6O4/c1-35-21-7-5-18-22(31-21)19(10-13-26-18)29-24(33)25(34)11-8-16(9-12-25)27-14-17-4-2-15-3-6-20(32)30-23(15)28-17/h2,4-5,7,10,13,16,27,34H,3,6,8-9,11-12,14H2,1H3,(H,26,29,33)(H,28,30,32)/t16-,25+. The number of methoxy groups -OCH3 is 1. The van der Waals surface area contributed by atoms with Gasteiger partial charge in [-0.1, -0.05) is 6.07 Å². The van der Waals surface area contributed by atoms with Gasteiger partial charge in [0.15, 0.2) is 0 Å². The van der Waals surface area contributed by atoms with Crippen molar-refractivity contribution in [2.75, 3.05) is 17.7 Å². The zero-order valence-corrected chi connectivity index (χ0v) is 19.5. The Labute approximate surface area is 202 Å². The monoisotopic (exact) mass is 476 g/mol. The molecule has 1 saturated carbocycles. The van der Waals surface area contributed by atoms with Crippen LogP contribution < -0.4 is 20.7 Å². The molecular formula is C25H28N6O4. The molecule has 1 aliphatic carbocycles. The van der Waals surface area contributed by atoms with Crippen molar-refractivity contribution in [3.8, 4) is 5.88 Å². The van der Waals surface area contributed by atoms with Gasteiger partial charge in [0.05, 0.1) is 24.0 Å². The van der Waals surface area contributed by atoms with E-state index in [1.54, 1.807) is 24.4 Å². The van der Waals surface area contributed by atoms with Gasteiger partial charge in [-0.15, -0.1) is 0 Å². The fourth-order valence-corrected chi connectivity index (χ4v) is 4.62. The summed E-state index contributed by atoms with van der Waals surface area (Å²) in [5.41, 5.74) is 2.06. The summed E-state index contributed by atoms with van der Waals surface area (Å²) < 4.78 is 5.19. The lowest BCUT2D eigenvalue weighted by atomic mass is 9.81. The molecule has 35 heavy (non-hydrogen) atoms. The van der Waals surface area contributed by atoms with Crippen LogP contribution in [0.25, 0.3) is 11.0 Å². The highest BCUT2D eigenvalue weighted by atomic mass is 16.5. The fraction of sp³-hybridized carbons (Fsp3) is 0.400. The van der Waals surface area contributed by atoms with E-state index in [0.29, 0.717) is 73.5 Å². The zero-order valence-electron chi connectivity index (χ0n) is 19.5. The Morgan fingerprint density at radius 2 is 2.00 bits per heavy atom. The van der Waals surface area contributed by atoms with Crippen molar-refractivity contribution in [1.82, 2.24) is 20.3 Å². The van der Waals surface area contributed by atoms with Crippen molar-refractivity contribution in [2.45, 2.75) is 56.7 Å². The van der Waals surface area contributed by atoms with Crippen LogP contribution in [-0.4, -0.2) is 50.6 Å². The number of aliphatic hydroxyl groups is 1. The molecule has 2 amide bonds. The molecule has 2 aliphatic rings. The number of anilines is 2. The van der Waals surface area contributed by atoms with Gasteiger partial charge >= 0.3 is 0 Å². The van der Waals surface area contributed by atoms with Crippen LogP contribution >= 0.6 is 0 Å². The topological polar surface area (TPSA) is 138 Å². The van der Waals surface area contributed by atoms with E-state index in [0.717, 1.165) is 11.3 Å². The Bertz CT molecular complexity index is 1270. The molecule has 10 nitrogen and oxygen atoms in total. The maximum Gasteiger partial charge on any atom is 0.256 e. The lowest BCUT2D eigenvalue weighted by molar-refractivity contribution is -0.137. The van der Waals surface area contributed by atoms with Crippen molar-refractivity contribution in [3.63, 3.8) is 0 Å². The van der Waals surface area contributed by atoms with E-state index >= 15 is 0 Å². The second-order valence-electron chi connectivity index (χ2n) is 9.08. The third-order valence-corrected chi connectivity index (χ3v) is 6.74. The van der Waals surface area contributed by atoms with Crippen molar-refractivity contribution < 1.29 is 19.4 Å². The molecule has 1 aliphatic heterocycles. The molecule has 0 aromatic carbocycles. The van der Waals surface area contributed by atoms with Crippen molar-refractivity contribution >= 4 is 34.4 Å². The quantitative estimate of drug-likeness (QED) is 0.425. The summed E-state index contributed by atoms with van der Waals surface area (Å²) in [7, 11) is 1.53. The smallest absolute Gasteiger partial charge is 0.256 e. The number of nitrogens with zero attached hydrogens (tertiary/aromatic N) is 3. The summed E-state index contributed by atoms with van der Waals surface area (Å²) >= 11 is 0. The minimum atomic E-state index is -1.46. The Balaban J connectivity index is 1.18. The molecule has 3 aromatic rings. The van der Waals surface area contributed by atoms with Crippen LogP contribution in [0.5, 0.6) is 5.88 Å². The van der Waals surface area contributed by atoms with Gasteiger partial charge < -0.3 is 25.8 Å². The van der Waals surface area contributed by atoms with E-state index in [4.69, 9.17) is 4.74 Å². The molecule has 0 saturated heterocycles. The van der Waals surface area contributed by atoms with Crippen molar-refractivity contribution in [2.24, 2.45) is 0 Å². The largest absolute Gasteiger partial charge is 0.481 e. The lowest BCUT2D eigenvalue weighted by Gasteiger charge is -2.35. The van der Waals surface area contributed by atoms with Crippen LogP contribution in [0.4, 0.5) is 11.5 Å². The normalized spacial score (nSPS) is 21.8. The summed E-state index contributed by atoms with van der Waals surface area (Å²) in [6, 6.07) is 9.28. The van der Waals surface area contributed by atoms with Crippen LogP contribution in [0.15, 0.2) is 36.5 Å². The molecule has 4 heterocycles. The van der Waals surface area contributed by atoms with E-state index in [9.17, 15) is 14.7 Å². The Kier molecular flexibility index (Phi) is 6.31. The summed E-state index contributed by atoms with van der Waals surface area (Å²) in [6.07, 6.45) is 4.77. The molecule has 0 radical (unpaired) electrons. The second kappa shape index (κ2) is 9.55. The van der Waals surface area contributed by atoms with E-state index in [2.05, 4.69) is 30.9 Å². The predicted octanol–water partition coefficient (Wildman–Crippen LogP) is 2.32. The first kappa shape index (κ1) is 23.1. The van der Waals surface area contributed by atoms with Gasteiger partial charge in [0, 0.05) is 31.3 Å². The molecule has 4 N–H and O–H groups in total. The zero-order chi connectivity index (χ0) is 24.4. The first-order valence-corrected chi connectivity index (χ1v) is 11.8. The number of aryl methyl sites for hydroxylation is 1. The molecule has 182 valence electrons. The third-order valence-electron chi connectivity index (χ3n) is 6.74. The lowest BCUT2D eigenvalue weighted by Crippen LogP contribution is -2.48. The van der Waals surface area contributed by atoms with Crippen molar-refractivity contribution in [1.29, 1.82) is 0 Å². The summed E-state index contributed by atoms with van der Waals surface area (Å²) in [5.74, 6) is 0.614. The third kappa shape index (κ3) is 4.94. The summed E-state index contributed by atoms with van der Waals surface area (Å²) in [5, 5.41) is 20.2. The highest BCUT2D eigenvalue weighted by Crippen LogP contribution is 2.31. The number of hydrogen-bond acceptors (Lipinski definition) is 8. The van der Waals surface area contributed by atoms with Gasteiger partial charge in [-0.05, 0) is 55.9 Å². The van der Waals surface area contributed by atoms with E-state index < -0.39 is 11.5 Å². The molecule has 1 fully saturated rings. The minimum Gasteiger partial charge on any atom is -0.481 e. The van der Waals surface area contributed by atoms with Gasteiger partial charge in [0.1, 0.15) is 16.9 Å². The Morgan fingerprint density at radius 1 is 1.17 bits per heavy atom. The summed E-state index contributed by atoms with van der Waals surface area (Å²) in [6.45, 7) is 0.551. The van der Waals surface area contributed by atoms with Crippen molar-refractivity contribution in [3.05, 3.63) is 47.8 Å². The van der Waals surface area contributed by atoms with E-state index in [1.807, 2.05) is 12.1 Å². The Morgan fingerprint density at radius 3 is 2.80 bits per heavy atom. The first-order chi connectivity index (χ1) is 16.9. The number of aromatic nitrogens is 3. The fourth-order valence-electron chi connectivity index (χ4n) is 4.62. The molecule has 0 spiro atoms. The molecule has 0 bridgehead atoms. The van der Waals surface area contributed by atoms with Gasteiger partial charge in [-0.3, -0.25) is 14.6 Å².